The molecule has 234 valence electrons. The highest BCUT2D eigenvalue weighted by atomic mass is 16.5. The van der Waals surface area contributed by atoms with Gasteiger partial charge in [0.05, 0.1) is 13.2 Å². The summed E-state index contributed by atoms with van der Waals surface area (Å²) in [6, 6.07) is 37.4. The zero-order chi connectivity index (χ0) is 32.1. The molecule has 1 aliphatic rings. The van der Waals surface area contributed by atoms with Gasteiger partial charge in [0, 0.05) is 29.6 Å². The van der Waals surface area contributed by atoms with Gasteiger partial charge in [-0.3, -0.25) is 9.36 Å². The summed E-state index contributed by atoms with van der Waals surface area (Å²) in [5, 5.41) is 14.1. The molecule has 2 unspecified atom stereocenters. The molecular weight excluding hydrogens is 580 g/mol. The number of carbonyl (C=O) groups is 1. The Morgan fingerprint density at radius 1 is 0.957 bits per heavy atom. The van der Waals surface area contributed by atoms with Crippen molar-refractivity contribution in [2.24, 2.45) is 5.73 Å². The van der Waals surface area contributed by atoms with Crippen LogP contribution < -0.4 is 21.5 Å². The molecule has 4 atom stereocenters. The van der Waals surface area contributed by atoms with E-state index in [1.54, 1.807) is 31.4 Å². The normalized spacial score (nSPS) is 18.5. The Kier molecular flexibility index (Phi) is 9.07. The lowest BCUT2D eigenvalue weighted by atomic mass is 9.64. The molecule has 0 bridgehead atoms. The van der Waals surface area contributed by atoms with E-state index in [0.717, 1.165) is 22.4 Å². The molecular formula is C37H36N4O5. The highest BCUT2D eigenvalue weighted by Gasteiger charge is 2.50. The number of aliphatic hydroxyl groups excluding tert-OH is 1. The molecule has 0 aliphatic carbocycles. The first-order valence-corrected chi connectivity index (χ1v) is 15.2. The molecule has 1 fully saturated rings. The van der Waals surface area contributed by atoms with Gasteiger partial charge >= 0.3 is 5.69 Å². The predicted molar refractivity (Wildman–Crippen MR) is 176 cm³/mol. The van der Waals surface area contributed by atoms with Gasteiger partial charge in [0.15, 0.2) is 0 Å². The molecule has 9 heteroatoms. The molecule has 1 aliphatic heterocycles. The zero-order valence-corrected chi connectivity index (χ0v) is 25.4. The van der Waals surface area contributed by atoms with E-state index < -0.39 is 35.6 Å². The molecule has 0 spiro atoms. The van der Waals surface area contributed by atoms with Crippen molar-refractivity contribution in [3.05, 3.63) is 160 Å². The maximum atomic E-state index is 13.2. The lowest BCUT2D eigenvalue weighted by molar-refractivity contribution is -0.0432. The standard InChI is InChI=1S/C37H36N4O5/c1-45-29-19-17-25(18-20-29)24-37(27-13-7-3-8-14-27,28-15-9-4-10-16-28)34(38)33-30(42)23-32(46-33)41-22-21-31(40-36(41)44)39-35(43)26-11-5-2-6-12-26/h2-22,30,32-34,42H,23-24,38H2,1H3,(H,39,40,43,44)/t30?,32-,33+,34?/m1/s1. The summed E-state index contributed by atoms with van der Waals surface area (Å²) >= 11 is 0. The number of benzene rings is 4. The lowest BCUT2D eigenvalue weighted by Crippen LogP contribution is -2.57. The van der Waals surface area contributed by atoms with Crippen LogP contribution in [0.4, 0.5) is 5.82 Å². The number of methoxy groups -OCH3 is 1. The molecule has 46 heavy (non-hydrogen) atoms. The summed E-state index contributed by atoms with van der Waals surface area (Å²) in [4.78, 5) is 29.8. The number of anilines is 1. The van der Waals surface area contributed by atoms with E-state index in [0.29, 0.717) is 12.0 Å². The molecule has 1 amide bonds. The quantitative estimate of drug-likeness (QED) is 0.207. The molecule has 4 aromatic carbocycles. The first-order chi connectivity index (χ1) is 22.4. The number of rotatable bonds is 10. The van der Waals surface area contributed by atoms with Gasteiger partial charge in [-0.1, -0.05) is 91.0 Å². The Morgan fingerprint density at radius 2 is 1.54 bits per heavy atom. The first kappa shape index (κ1) is 30.9. The molecule has 9 nitrogen and oxygen atoms in total. The number of ether oxygens (including phenoxy) is 2. The number of aromatic nitrogens is 2. The summed E-state index contributed by atoms with van der Waals surface area (Å²) in [6.07, 6.45) is -0.436. The lowest BCUT2D eigenvalue weighted by Gasteiger charge is -2.43. The van der Waals surface area contributed by atoms with Gasteiger partial charge in [-0.25, -0.2) is 4.79 Å². The number of nitrogens with one attached hydrogen (secondary N) is 1. The maximum absolute atomic E-state index is 13.2. The van der Waals surface area contributed by atoms with Gasteiger partial charge in [0.25, 0.3) is 5.91 Å². The minimum atomic E-state index is -0.966. The van der Waals surface area contributed by atoms with Gasteiger partial charge in [-0.15, -0.1) is 0 Å². The van der Waals surface area contributed by atoms with E-state index in [2.05, 4.69) is 10.3 Å². The van der Waals surface area contributed by atoms with Crippen molar-refractivity contribution in [2.45, 2.75) is 42.7 Å². The molecule has 0 saturated carbocycles. The minimum Gasteiger partial charge on any atom is -0.497 e. The van der Waals surface area contributed by atoms with Gasteiger partial charge in [-0.05, 0) is 53.4 Å². The van der Waals surface area contributed by atoms with Crippen LogP contribution in [-0.4, -0.2) is 45.9 Å². The van der Waals surface area contributed by atoms with Crippen molar-refractivity contribution in [3.8, 4) is 5.75 Å². The number of nitrogens with two attached hydrogens (primary N) is 1. The highest BCUT2D eigenvalue weighted by Crippen LogP contribution is 2.43. The zero-order valence-electron chi connectivity index (χ0n) is 25.4. The van der Waals surface area contributed by atoms with Crippen LogP contribution >= 0.6 is 0 Å². The topological polar surface area (TPSA) is 129 Å². The Labute approximate surface area is 267 Å². The Hall–Kier alpha value is -5.09. The summed E-state index contributed by atoms with van der Waals surface area (Å²) in [5.74, 6) is 0.493. The average molecular weight is 617 g/mol. The van der Waals surface area contributed by atoms with Crippen molar-refractivity contribution in [1.82, 2.24) is 9.55 Å². The average Bonchev–Trinajstić information content (AvgIpc) is 3.49. The van der Waals surface area contributed by atoms with Gasteiger partial charge < -0.3 is 25.6 Å². The third-order valence-electron chi connectivity index (χ3n) is 8.70. The molecule has 6 rings (SSSR count). The summed E-state index contributed by atoms with van der Waals surface area (Å²) in [6.45, 7) is 0. The number of hydrogen-bond donors (Lipinski definition) is 3. The number of nitrogens with zero attached hydrogens (tertiary/aromatic N) is 2. The third kappa shape index (κ3) is 6.21. The van der Waals surface area contributed by atoms with E-state index >= 15 is 0 Å². The second kappa shape index (κ2) is 13.5. The van der Waals surface area contributed by atoms with Gasteiger partial charge in [-0.2, -0.15) is 4.98 Å². The van der Waals surface area contributed by atoms with E-state index in [-0.39, 0.29) is 18.1 Å². The van der Waals surface area contributed by atoms with Crippen LogP contribution in [0.25, 0.3) is 0 Å². The molecule has 1 saturated heterocycles. The van der Waals surface area contributed by atoms with Crippen LogP contribution in [-0.2, 0) is 16.6 Å². The van der Waals surface area contributed by atoms with Crippen molar-refractivity contribution in [2.75, 3.05) is 12.4 Å². The Morgan fingerprint density at radius 3 is 2.11 bits per heavy atom. The second-order valence-electron chi connectivity index (χ2n) is 11.4. The smallest absolute Gasteiger partial charge is 0.351 e. The van der Waals surface area contributed by atoms with Crippen molar-refractivity contribution < 1.29 is 19.4 Å². The largest absolute Gasteiger partial charge is 0.497 e. The fourth-order valence-corrected chi connectivity index (χ4v) is 6.34. The van der Waals surface area contributed by atoms with Crippen LogP contribution in [0.2, 0.25) is 0 Å². The van der Waals surface area contributed by atoms with E-state index in [1.807, 2.05) is 91.0 Å². The van der Waals surface area contributed by atoms with Crippen LogP contribution in [0.15, 0.2) is 132 Å². The van der Waals surface area contributed by atoms with Crippen molar-refractivity contribution in [1.29, 1.82) is 0 Å². The second-order valence-corrected chi connectivity index (χ2v) is 11.4. The van der Waals surface area contributed by atoms with E-state index in [1.165, 1.54) is 16.8 Å². The SMILES string of the molecule is COc1ccc(CC(c2ccccc2)(c2ccccc2)C(N)[C@H]2O[C@@H](n3ccc(NC(=O)c4ccccc4)nc3=O)CC2O)cc1. The number of hydrogen-bond acceptors (Lipinski definition) is 7. The Bertz CT molecular complexity index is 1770. The molecule has 2 heterocycles. The van der Waals surface area contributed by atoms with E-state index in [9.17, 15) is 14.7 Å². The van der Waals surface area contributed by atoms with Crippen LogP contribution in [0, 0.1) is 0 Å². The maximum Gasteiger partial charge on any atom is 0.351 e. The number of amides is 1. The molecule has 1 aromatic heterocycles. The minimum absolute atomic E-state index is 0.119. The van der Waals surface area contributed by atoms with Gasteiger partial charge in [0.2, 0.25) is 0 Å². The van der Waals surface area contributed by atoms with Crippen molar-refractivity contribution in [3.63, 3.8) is 0 Å². The third-order valence-corrected chi connectivity index (χ3v) is 8.70. The van der Waals surface area contributed by atoms with Crippen molar-refractivity contribution >= 4 is 11.7 Å². The summed E-state index contributed by atoms with van der Waals surface area (Å²) < 4.78 is 13.2. The monoisotopic (exact) mass is 616 g/mol. The number of carbonyl (C=O) groups excluding carboxylic acids is 1. The molecule has 0 radical (unpaired) electrons. The molecule has 5 aromatic rings. The first-order valence-electron chi connectivity index (χ1n) is 15.2. The van der Waals surface area contributed by atoms with Crippen LogP contribution in [0.1, 0.15) is 39.7 Å². The van der Waals surface area contributed by atoms with Crippen LogP contribution in [0.3, 0.4) is 0 Å². The fraction of sp³-hybridized carbons (Fsp3) is 0.216. The fourth-order valence-electron chi connectivity index (χ4n) is 6.34. The number of aliphatic hydroxyl groups is 1. The molecule has 4 N–H and O–H groups in total. The van der Waals surface area contributed by atoms with E-state index in [4.69, 9.17) is 15.2 Å². The highest BCUT2D eigenvalue weighted by molar-refractivity contribution is 6.03. The van der Waals surface area contributed by atoms with Crippen LogP contribution in [0.5, 0.6) is 5.75 Å². The summed E-state index contributed by atoms with van der Waals surface area (Å²) in [5.41, 5.74) is 9.26. The van der Waals surface area contributed by atoms with Gasteiger partial charge in [0.1, 0.15) is 23.9 Å². The summed E-state index contributed by atoms with van der Waals surface area (Å²) in [7, 11) is 1.63. The predicted octanol–water partition coefficient (Wildman–Crippen LogP) is 4.71. The Balaban J connectivity index is 1.32.